The van der Waals surface area contributed by atoms with Crippen LogP contribution in [0.1, 0.15) is 5.56 Å². The molecule has 6 heteroatoms. The van der Waals surface area contributed by atoms with Crippen molar-refractivity contribution in [2.24, 2.45) is 0 Å². The van der Waals surface area contributed by atoms with Gasteiger partial charge < -0.3 is 19.5 Å². The molecule has 1 heterocycles. The third-order valence-corrected chi connectivity index (χ3v) is 3.00. The second-order valence-corrected chi connectivity index (χ2v) is 4.24. The van der Waals surface area contributed by atoms with Gasteiger partial charge in [0.05, 0.1) is 33.2 Å². The number of hydrogen-bond donors (Lipinski definition) is 1. The zero-order chi connectivity index (χ0) is 15.2. The summed E-state index contributed by atoms with van der Waals surface area (Å²) in [6.45, 7) is 0.483. The minimum atomic E-state index is -0.510. The fourth-order valence-electron chi connectivity index (χ4n) is 1.91. The van der Waals surface area contributed by atoms with E-state index in [9.17, 15) is 4.39 Å². The molecule has 2 aromatic rings. The SMILES string of the molecule is COc1cc(OC)c(OC)cc1CNc1ccc(F)nc1. The first-order chi connectivity index (χ1) is 10.2. The topological polar surface area (TPSA) is 52.6 Å². The third-order valence-electron chi connectivity index (χ3n) is 3.00. The summed E-state index contributed by atoms with van der Waals surface area (Å²) in [4.78, 5) is 3.59. The maximum atomic E-state index is 12.8. The van der Waals surface area contributed by atoms with E-state index in [2.05, 4.69) is 10.3 Å². The van der Waals surface area contributed by atoms with Gasteiger partial charge in [-0.1, -0.05) is 0 Å². The number of hydrogen-bond acceptors (Lipinski definition) is 5. The van der Waals surface area contributed by atoms with Crippen LogP contribution in [-0.4, -0.2) is 26.3 Å². The number of methoxy groups -OCH3 is 3. The molecule has 0 unspecified atom stereocenters. The number of nitrogens with one attached hydrogen (secondary N) is 1. The van der Waals surface area contributed by atoms with E-state index in [1.807, 2.05) is 6.07 Å². The fraction of sp³-hybridized carbons (Fsp3) is 0.267. The van der Waals surface area contributed by atoms with E-state index in [-0.39, 0.29) is 0 Å². The van der Waals surface area contributed by atoms with Gasteiger partial charge in [-0.05, 0) is 18.2 Å². The second-order valence-electron chi connectivity index (χ2n) is 4.24. The number of pyridine rings is 1. The van der Waals surface area contributed by atoms with Crippen LogP contribution in [0, 0.1) is 5.95 Å². The normalized spacial score (nSPS) is 10.1. The van der Waals surface area contributed by atoms with Gasteiger partial charge >= 0.3 is 0 Å². The van der Waals surface area contributed by atoms with Crippen LogP contribution in [0.5, 0.6) is 17.2 Å². The first-order valence-electron chi connectivity index (χ1n) is 6.32. The van der Waals surface area contributed by atoms with E-state index in [0.29, 0.717) is 29.5 Å². The lowest BCUT2D eigenvalue weighted by Crippen LogP contribution is -2.03. The Hall–Kier alpha value is -2.50. The lowest BCUT2D eigenvalue weighted by molar-refractivity contribution is 0.347. The van der Waals surface area contributed by atoms with E-state index in [1.165, 1.54) is 12.3 Å². The Morgan fingerprint density at radius 3 is 2.24 bits per heavy atom. The maximum absolute atomic E-state index is 12.8. The Labute approximate surface area is 122 Å². The molecule has 2 rings (SSSR count). The third kappa shape index (κ3) is 3.53. The van der Waals surface area contributed by atoms with Gasteiger partial charge in [0.2, 0.25) is 5.95 Å². The lowest BCUT2D eigenvalue weighted by Gasteiger charge is -2.15. The molecule has 0 fully saturated rings. The Morgan fingerprint density at radius 2 is 1.67 bits per heavy atom. The minimum Gasteiger partial charge on any atom is -0.496 e. The van der Waals surface area contributed by atoms with E-state index in [4.69, 9.17) is 14.2 Å². The summed E-state index contributed by atoms with van der Waals surface area (Å²) in [5.74, 6) is 1.38. The predicted molar refractivity (Wildman–Crippen MR) is 77.6 cm³/mol. The summed E-state index contributed by atoms with van der Waals surface area (Å²) in [5.41, 5.74) is 1.60. The largest absolute Gasteiger partial charge is 0.496 e. The highest BCUT2D eigenvalue weighted by Crippen LogP contribution is 2.34. The number of benzene rings is 1. The average Bonchev–Trinajstić information content (AvgIpc) is 2.53. The Kier molecular flexibility index (Phi) is 4.81. The van der Waals surface area contributed by atoms with Crippen molar-refractivity contribution in [3.8, 4) is 17.2 Å². The molecule has 0 saturated carbocycles. The summed E-state index contributed by atoms with van der Waals surface area (Å²) in [6.07, 6.45) is 1.43. The van der Waals surface area contributed by atoms with Crippen molar-refractivity contribution in [3.63, 3.8) is 0 Å². The van der Waals surface area contributed by atoms with Gasteiger partial charge in [0.1, 0.15) is 5.75 Å². The van der Waals surface area contributed by atoms with Gasteiger partial charge in [-0.25, -0.2) is 4.98 Å². The summed E-state index contributed by atoms with van der Waals surface area (Å²) >= 11 is 0. The van der Waals surface area contributed by atoms with Crippen molar-refractivity contribution >= 4 is 5.69 Å². The fourth-order valence-corrected chi connectivity index (χ4v) is 1.91. The van der Waals surface area contributed by atoms with Gasteiger partial charge in [0.25, 0.3) is 0 Å². The lowest BCUT2D eigenvalue weighted by atomic mass is 10.1. The molecule has 112 valence electrons. The molecule has 0 saturated heterocycles. The highest BCUT2D eigenvalue weighted by molar-refractivity contribution is 5.52. The van der Waals surface area contributed by atoms with E-state index >= 15 is 0 Å². The van der Waals surface area contributed by atoms with Crippen LogP contribution in [0.15, 0.2) is 30.5 Å². The smallest absolute Gasteiger partial charge is 0.212 e. The van der Waals surface area contributed by atoms with Crippen molar-refractivity contribution < 1.29 is 18.6 Å². The maximum Gasteiger partial charge on any atom is 0.212 e. The molecule has 0 aliphatic carbocycles. The van der Waals surface area contributed by atoms with Crippen molar-refractivity contribution in [2.45, 2.75) is 6.54 Å². The van der Waals surface area contributed by atoms with Crippen molar-refractivity contribution in [1.29, 1.82) is 0 Å². The van der Waals surface area contributed by atoms with E-state index in [0.717, 1.165) is 5.56 Å². The van der Waals surface area contributed by atoms with Crippen LogP contribution < -0.4 is 19.5 Å². The van der Waals surface area contributed by atoms with E-state index in [1.54, 1.807) is 33.5 Å². The number of aromatic nitrogens is 1. The van der Waals surface area contributed by atoms with Crippen molar-refractivity contribution in [3.05, 3.63) is 42.0 Å². The molecular weight excluding hydrogens is 275 g/mol. The number of halogens is 1. The van der Waals surface area contributed by atoms with Crippen LogP contribution in [0.3, 0.4) is 0 Å². The highest BCUT2D eigenvalue weighted by Gasteiger charge is 2.11. The standard InChI is InChI=1S/C15H17FN2O3/c1-19-12-7-14(21-3)13(20-2)6-10(12)8-17-11-4-5-15(16)18-9-11/h4-7,9,17H,8H2,1-3H3. The molecule has 0 radical (unpaired) electrons. The first kappa shape index (κ1) is 14.9. The van der Waals surface area contributed by atoms with Crippen LogP contribution in [0.2, 0.25) is 0 Å². The van der Waals surface area contributed by atoms with Crippen LogP contribution >= 0.6 is 0 Å². The van der Waals surface area contributed by atoms with Crippen molar-refractivity contribution in [1.82, 2.24) is 4.98 Å². The summed E-state index contributed by atoms with van der Waals surface area (Å²) in [6, 6.07) is 6.52. The summed E-state index contributed by atoms with van der Waals surface area (Å²) in [7, 11) is 4.73. The molecule has 0 amide bonds. The van der Waals surface area contributed by atoms with Gasteiger partial charge in [-0.3, -0.25) is 0 Å². The number of anilines is 1. The van der Waals surface area contributed by atoms with Gasteiger partial charge in [-0.2, -0.15) is 4.39 Å². The Bertz CT molecular complexity index is 603. The second kappa shape index (κ2) is 6.78. The van der Waals surface area contributed by atoms with Gasteiger partial charge in [0, 0.05) is 18.2 Å². The van der Waals surface area contributed by atoms with Gasteiger partial charge in [-0.15, -0.1) is 0 Å². The molecule has 1 aromatic carbocycles. The zero-order valence-corrected chi connectivity index (χ0v) is 12.1. The molecule has 0 bridgehead atoms. The van der Waals surface area contributed by atoms with Gasteiger partial charge in [0.15, 0.2) is 11.5 Å². The molecule has 21 heavy (non-hydrogen) atoms. The minimum absolute atomic E-state index is 0.483. The number of nitrogens with zero attached hydrogens (tertiary/aromatic N) is 1. The average molecular weight is 292 g/mol. The van der Waals surface area contributed by atoms with Crippen LogP contribution in [0.4, 0.5) is 10.1 Å². The summed E-state index contributed by atoms with van der Waals surface area (Å²) < 4.78 is 28.6. The quantitative estimate of drug-likeness (QED) is 0.830. The molecular formula is C15H17FN2O3. The Morgan fingerprint density at radius 1 is 1.00 bits per heavy atom. The highest BCUT2D eigenvalue weighted by atomic mass is 19.1. The van der Waals surface area contributed by atoms with Crippen molar-refractivity contribution in [2.75, 3.05) is 26.6 Å². The number of rotatable bonds is 6. The monoisotopic (exact) mass is 292 g/mol. The summed E-state index contributed by atoms with van der Waals surface area (Å²) in [5, 5.41) is 3.15. The van der Waals surface area contributed by atoms with Crippen LogP contribution in [-0.2, 0) is 6.54 Å². The molecule has 1 N–H and O–H groups in total. The predicted octanol–water partition coefficient (Wildman–Crippen LogP) is 2.86. The molecule has 0 spiro atoms. The van der Waals surface area contributed by atoms with E-state index < -0.39 is 5.95 Å². The zero-order valence-electron chi connectivity index (χ0n) is 12.1. The number of ether oxygens (including phenoxy) is 3. The molecule has 5 nitrogen and oxygen atoms in total. The molecule has 0 aliphatic rings. The first-order valence-corrected chi connectivity index (χ1v) is 6.32. The van der Waals surface area contributed by atoms with Crippen LogP contribution in [0.25, 0.3) is 0 Å². The Balaban J connectivity index is 2.20. The molecule has 0 atom stereocenters. The molecule has 0 aliphatic heterocycles. The molecule has 1 aromatic heterocycles.